The lowest BCUT2D eigenvalue weighted by Crippen LogP contribution is -2.57. The summed E-state index contributed by atoms with van der Waals surface area (Å²) in [5, 5.41) is 5.85. The summed E-state index contributed by atoms with van der Waals surface area (Å²) in [7, 11) is 0. The lowest BCUT2D eigenvalue weighted by Gasteiger charge is -2.29. The standard InChI is InChI=1S/C17H17N3O2/c1-11(12-7-3-2-4-8-12)20-17(15(18)21)13-9-5-6-10-14(13)19-16(17)22/h2-11,20H,1H3,(H2,18,21)(H,19,22)/t11-,17-/m0/s1. The van der Waals surface area contributed by atoms with Crippen LogP contribution in [0.15, 0.2) is 54.6 Å². The zero-order chi connectivity index (χ0) is 15.7. The number of hydrogen-bond donors (Lipinski definition) is 3. The van der Waals surface area contributed by atoms with E-state index < -0.39 is 17.4 Å². The van der Waals surface area contributed by atoms with Crippen LogP contribution in [0.1, 0.15) is 24.1 Å². The van der Waals surface area contributed by atoms with E-state index in [2.05, 4.69) is 10.6 Å². The Kier molecular flexibility index (Phi) is 3.42. The van der Waals surface area contributed by atoms with E-state index in [9.17, 15) is 9.59 Å². The number of nitrogens with two attached hydrogens (primary N) is 1. The van der Waals surface area contributed by atoms with Crippen molar-refractivity contribution in [1.29, 1.82) is 0 Å². The minimum absolute atomic E-state index is 0.217. The summed E-state index contributed by atoms with van der Waals surface area (Å²) in [6.45, 7) is 1.90. The van der Waals surface area contributed by atoms with Crippen molar-refractivity contribution < 1.29 is 9.59 Å². The zero-order valence-electron chi connectivity index (χ0n) is 12.2. The first-order chi connectivity index (χ1) is 10.6. The smallest absolute Gasteiger partial charge is 0.259 e. The molecule has 3 rings (SSSR count). The maximum atomic E-state index is 12.5. The summed E-state index contributed by atoms with van der Waals surface area (Å²) in [6, 6.07) is 16.5. The Morgan fingerprint density at radius 2 is 1.77 bits per heavy atom. The van der Waals surface area contributed by atoms with Crippen molar-refractivity contribution >= 4 is 17.5 Å². The average molecular weight is 295 g/mol. The van der Waals surface area contributed by atoms with Gasteiger partial charge in [0.15, 0.2) is 0 Å². The summed E-state index contributed by atoms with van der Waals surface area (Å²) < 4.78 is 0. The third-order valence-electron chi connectivity index (χ3n) is 4.02. The molecule has 1 heterocycles. The third kappa shape index (κ3) is 2.07. The van der Waals surface area contributed by atoms with Crippen molar-refractivity contribution in [3.8, 4) is 0 Å². The van der Waals surface area contributed by atoms with Gasteiger partial charge in [0.05, 0.1) is 0 Å². The van der Waals surface area contributed by atoms with E-state index in [-0.39, 0.29) is 6.04 Å². The lowest BCUT2D eigenvalue weighted by molar-refractivity contribution is -0.134. The molecule has 2 amide bonds. The van der Waals surface area contributed by atoms with Gasteiger partial charge in [-0.2, -0.15) is 0 Å². The molecule has 0 aromatic heterocycles. The van der Waals surface area contributed by atoms with E-state index >= 15 is 0 Å². The molecule has 0 saturated heterocycles. The number of rotatable bonds is 4. The molecule has 2 aromatic carbocycles. The van der Waals surface area contributed by atoms with Gasteiger partial charge in [-0.05, 0) is 18.6 Å². The van der Waals surface area contributed by atoms with E-state index in [1.807, 2.05) is 37.3 Å². The molecule has 112 valence electrons. The Bertz CT molecular complexity index is 730. The Hall–Kier alpha value is -2.66. The summed E-state index contributed by atoms with van der Waals surface area (Å²) in [4.78, 5) is 24.6. The number of carbonyl (C=O) groups excluding carboxylic acids is 2. The number of para-hydroxylation sites is 1. The predicted molar refractivity (Wildman–Crippen MR) is 83.9 cm³/mol. The molecule has 2 aromatic rings. The Morgan fingerprint density at radius 3 is 2.45 bits per heavy atom. The van der Waals surface area contributed by atoms with Gasteiger partial charge in [-0.1, -0.05) is 48.5 Å². The minimum atomic E-state index is -1.55. The van der Waals surface area contributed by atoms with Gasteiger partial charge in [0.1, 0.15) is 0 Å². The average Bonchev–Trinajstić information content (AvgIpc) is 2.81. The van der Waals surface area contributed by atoms with Crippen LogP contribution in [-0.2, 0) is 15.1 Å². The van der Waals surface area contributed by atoms with Gasteiger partial charge in [-0.3, -0.25) is 14.9 Å². The summed E-state index contributed by atoms with van der Waals surface area (Å²) in [5.74, 6) is -1.15. The van der Waals surface area contributed by atoms with E-state index in [0.29, 0.717) is 11.3 Å². The first-order valence-corrected chi connectivity index (χ1v) is 7.09. The molecule has 22 heavy (non-hydrogen) atoms. The molecule has 0 unspecified atom stereocenters. The van der Waals surface area contributed by atoms with Crippen LogP contribution in [-0.4, -0.2) is 11.8 Å². The normalized spacial score (nSPS) is 21.0. The van der Waals surface area contributed by atoms with Crippen LogP contribution in [0.5, 0.6) is 0 Å². The van der Waals surface area contributed by atoms with Crippen LogP contribution in [0.3, 0.4) is 0 Å². The molecule has 5 nitrogen and oxygen atoms in total. The van der Waals surface area contributed by atoms with Crippen LogP contribution in [0.4, 0.5) is 5.69 Å². The van der Waals surface area contributed by atoms with Gasteiger partial charge in [-0.25, -0.2) is 0 Å². The van der Waals surface area contributed by atoms with Gasteiger partial charge < -0.3 is 11.1 Å². The SMILES string of the molecule is C[C@H](N[C@@]1(C(N)=O)C(=O)Nc2ccccc21)c1ccccc1. The summed E-state index contributed by atoms with van der Waals surface area (Å²) >= 11 is 0. The highest BCUT2D eigenvalue weighted by Gasteiger charge is 2.52. The zero-order valence-corrected chi connectivity index (χ0v) is 12.2. The molecular formula is C17H17N3O2. The fraction of sp³-hybridized carbons (Fsp3) is 0.176. The molecule has 1 aliphatic rings. The molecule has 0 fully saturated rings. The third-order valence-corrected chi connectivity index (χ3v) is 4.02. The van der Waals surface area contributed by atoms with Gasteiger partial charge in [-0.15, -0.1) is 0 Å². The maximum absolute atomic E-state index is 12.5. The Morgan fingerprint density at radius 1 is 1.14 bits per heavy atom. The van der Waals surface area contributed by atoms with Crippen molar-refractivity contribution in [2.24, 2.45) is 5.73 Å². The second-order valence-corrected chi connectivity index (χ2v) is 5.39. The number of nitrogens with one attached hydrogen (secondary N) is 2. The van der Waals surface area contributed by atoms with Crippen LogP contribution < -0.4 is 16.4 Å². The Labute approximate surface area is 128 Å². The van der Waals surface area contributed by atoms with Crippen molar-refractivity contribution in [2.45, 2.75) is 18.5 Å². The fourth-order valence-corrected chi connectivity index (χ4v) is 2.87. The van der Waals surface area contributed by atoms with Crippen molar-refractivity contribution in [3.05, 3.63) is 65.7 Å². The van der Waals surface area contributed by atoms with Crippen LogP contribution in [0.25, 0.3) is 0 Å². The number of amides is 2. The van der Waals surface area contributed by atoms with Gasteiger partial charge in [0.25, 0.3) is 11.8 Å². The molecule has 0 aliphatic carbocycles. The summed E-state index contributed by atoms with van der Waals surface area (Å²) in [6.07, 6.45) is 0. The second-order valence-electron chi connectivity index (χ2n) is 5.39. The number of carbonyl (C=O) groups is 2. The second kappa shape index (κ2) is 5.27. The van der Waals surface area contributed by atoms with Crippen LogP contribution in [0, 0.1) is 0 Å². The summed E-state index contributed by atoms with van der Waals surface area (Å²) in [5.41, 5.74) is 6.20. The van der Waals surface area contributed by atoms with Crippen LogP contribution in [0.2, 0.25) is 0 Å². The quantitative estimate of drug-likeness (QED) is 0.750. The number of anilines is 1. The molecule has 0 spiro atoms. The lowest BCUT2D eigenvalue weighted by atomic mass is 9.88. The maximum Gasteiger partial charge on any atom is 0.259 e. The molecule has 2 atom stereocenters. The molecule has 1 aliphatic heterocycles. The monoisotopic (exact) mass is 295 g/mol. The van der Waals surface area contributed by atoms with Gasteiger partial charge in [0.2, 0.25) is 5.54 Å². The largest absolute Gasteiger partial charge is 0.367 e. The van der Waals surface area contributed by atoms with E-state index in [1.165, 1.54) is 0 Å². The first kappa shape index (κ1) is 14.3. The molecule has 0 radical (unpaired) electrons. The molecule has 0 bridgehead atoms. The molecule has 4 N–H and O–H groups in total. The van der Waals surface area contributed by atoms with Gasteiger partial charge in [0, 0.05) is 17.3 Å². The van der Waals surface area contributed by atoms with E-state index in [0.717, 1.165) is 5.56 Å². The molecule has 0 saturated carbocycles. The minimum Gasteiger partial charge on any atom is -0.367 e. The van der Waals surface area contributed by atoms with Crippen molar-refractivity contribution in [2.75, 3.05) is 5.32 Å². The molecule has 5 heteroatoms. The highest BCUT2D eigenvalue weighted by molar-refractivity contribution is 6.19. The number of fused-ring (bicyclic) bond motifs is 1. The number of benzene rings is 2. The molecular weight excluding hydrogens is 278 g/mol. The first-order valence-electron chi connectivity index (χ1n) is 7.09. The number of primary amides is 1. The highest BCUT2D eigenvalue weighted by Crippen LogP contribution is 2.37. The Balaban J connectivity index is 2.04. The number of hydrogen-bond acceptors (Lipinski definition) is 3. The predicted octanol–water partition coefficient (Wildman–Crippen LogP) is 1.67. The van der Waals surface area contributed by atoms with Crippen molar-refractivity contribution in [1.82, 2.24) is 5.32 Å². The van der Waals surface area contributed by atoms with Crippen molar-refractivity contribution in [3.63, 3.8) is 0 Å². The van der Waals surface area contributed by atoms with Gasteiger partial charge >= 0.3 is 0 Å². The van der Waals surface area contributed by atoms with Crippen LogP contribution >= 0.6 is 0 Å². The van der Waals surface area contributed by atoms with E-state index in [1.54, 1.807) is 24.3 Å². The topological polar surface area (TPSA) is 84.2 Å². The van der Waals surface area contributed by atoms with E-state index in [4.69, 9.17) is 5.73 Å². The highest BCUT2D eigenvalue weighted by atomic mass is 16.2. The fourth-order valence-electron chi connectivity index (χ4n) is 2.87.